The van der Waals surface area contributed by atoms with Gasteiger partial charge in [0, 0.05) is 16.5 Å². The molecule has 0 saturated heterocycles. The van der Waals surface area contributed by atoms with Crippen molar-refractivity contribution in [3.63, 3.8) is 0 Å². The molecule has 1 aliphatic heterocycles. The van der Waals surface area contributed by atoms with Crippen LogP contribution < -0.4 is 5.32 Å². The van der Waals surface area contributed by atoms with E-state index in [-0.39, 0.29) is 11.9 Å². The molecule has 0 aromatic heterocycles. The minimum atomic E-state index is -0.221. The van der Waals surface area contributed by atoms with E-state index >= 15 is 0 Å². The highest BCUT2D eigenvalue weighted by Gasteiger charge is 2.24. The minimum absolute atomic E-state index is 0.210. The van der Waals surface area contributed by atoms with Crippen LogP contribution in [0.2, 0.25) is 0 Å². The topological polar surface area (TPSA) is 21.3 Å². The third kappa shape index (κ3) is 2.69. The number of hydrogen-bond acceptors (Lipinski definition) is 2. The summed E-state index contributed by atoms with van der Waals surface area (Å²) in [6.45, 7) is 3.44. The van der Waals surface area contributed by atoms with Crippen molar-refractivity contribution in [3.05, 3.63) is 45.9 Å². The summed E-state index contributed by atoms with van der Waals surface area (Å²) in [6, 6.07) is 4.80. The zero-order chi connectivity index (χ0) is 12.3. The van der Waals surface area contributed by atoms with Crippen LogP contribution in [0.3, 0.4) is 0 Å². The normalized spacial score (nSPS) is 16.5. The number of ether oxygens (including phenoxy) is 1. The smallest absolute Gasteiger partial charge is 0.129 e. The molecule has 1 aliphatic rings. The Kier molecular flexibility index (Phi) is 4.18. The number of hydrogen-bond donors (Lipinski definition) is 1. The summed E-state index contributed by atoms with van der Waals surface area (Å²) in [4.78, 5) is 0. The molecule has 1 atom stereocenters. The van der Waals surface area contributed by atoms with Crippen LogP contribution >= 0.6 is 15.9 Å². The monoisotopic (exact) mass is 299 g/mol. The molecule has 0 bridgehead atoms. The lowest BCUT2D eigenvalue weighted by atomic mass is 10.0. The molecule has 0 amide bonds. The van der Waals surface area contributed by atoms with Crippen molar-refractivity contribution in [1.29, 1.82) is 0 Å². The summed E-state index contributed by atoms with van der Waals surface area (Å²) in [5.74, 6) is 0.597. The largest absolute Gasteiger partial charge is 0.496 e. The van der Waals surface area contributed by atoms with Gasteiger partial charge in [0.1, 0.15) is 11.6 Å². The fourth-order valence-corrected chi connectivity index (χ4v) is 2.54. The van der Waals surface area contributed by atoms with Crippen LogP contribution in [0.4, 0.5) is 4.39 Å². The maximum atomic E-state index is 13.9. The van der Waals surface area contributed by atoms with Gasteiger partial charge in [-0.3, -0.25) is 0 Å². The summed E-state index contributed by atoms with van der Waals surface area (Å²) in [7, 11) is 0. The van der Waals surface area contributed by atoms with E-state index in [9.17, 15) is 4.39 Å². The zero-order valence-electron chi connectivity index (χ0n) is 9.67. The van der Waals surface area contributed by atoms with Crippen LogP contribution in [0.15, 0.2) is 34.5 Å². The van der Waals surface area contributed by atoms with Crippen molar-refractivity contribution in [2.45, 2.75) is 19.4 Å². The van der Waals surface area contributed by atoms with Gasteiger partial charge in [0.25, 0.3) is 0 Å². The Labute approximate surface area is 109 Å². The number of rotatable bonds is 4. The van der Waals surface area contributed by atoms with E-state index in [0.717, 1.165) is 23.2 Å². The van der Waals surface area contributed by atoms with E-state index < -0.39 is 0 Å². The molecule has 0 fully saturated rings. The lowest BCUT2D eigenvalue weighted by Gasteiger charge is -2.21. The maximum absolute atomic E-state index is 13.9. The molecule has 0 aliphatic carbocycles. The van der Waals surface area contributed by atoms with Crippen molar-refractivity contribution in [3.8, 4) is 0 Å². The first-order chi connectivity index (χ1) is 8.24. The molecular weight excluding hydrogens is 285 g/mol. The van der Waals surface area contributed by atoms with Crippen LogP contribution in [0.25, 0.3) is 0 Å². The van der Waals surface area contributed by atoms with E-state index in [0.29, 0.717) is 12.2 Å². The van der Waals surface area contributed by atoms with Crippen LogP contribution in [0.1, 0.15) is 24.9 Å². The second-order valence-electron chi connectivity index (χ2n) is 3.87. The molecule has 2 rings (SSSR count). The van der Waals surface area contributed by atoms with E-state index in [1.165, 1.54) is 6.07 Å². The predicted octanol–water partition coefficient (Wildman–Crippen LogP) is 3.54. The molecule has 2 nitrogen and oxygen atoms in total. The molecular formula is C13H15BrFNO. The Morgan fingerprint density at radius 2 is 2.35 bits per heavy atom. The Hall–Kier alpha value is -0.870. The highest BCUT2D eigenvalue weighted by molar-refractivity contribution is 9.10. The average Bonchev–Trinajstić information content (AvgIpc) is 2.80. The lowest BCUT2D eigenvalue weighted by molar-refractivity contribution is 0.214. The average molecular weight is 300 g/mol. The first-order valence-corrected chi connectivity index (χ1v) is 6.53. The van der Waals surface area contributed by atoms with Gasteiger partial charge in [0.2, 0.25) is 0 Å². The van der Waals surface area contributed by atoms with Gasteiger partial charge in [-0.25, -0.2) is 4.39 Å². The number of benzene rings is 1. The van der Waals surface area contributed by atoms with Crippen molar-refractivity contribution in [1.82, 2.24) is 5.32 Å². The predicted molar refractivity (Wildman–Crippen MR) is 69.2 cm³/mol. The summed E-state index contributed by atoms with van der Waals surface area (Å²) in [5.41, 5.74) is 0.613. The molecule has 1 N–H and O–H groups in total. The van der Waals surface area contributed by atoms with Gasteiger partial charge in [0.05, 0.1) is 12.6 Å². The second kappa shape index (κ2) is 5.65. The SMILES string of the molecule is CCNC(C1=CCCO1)c1c(F)cccc1Br. The molecule has 0 saturated carbocycles. The van der Waals surface area contributed by atoms with E-state index in [4.69, 9.17) is 4.74 Å². The van der Waals surface area contributed by atoms with Gasteiger partial charge in [-0.15, -0.1) is 0 Å². The fraction of sp³-hybridized carbons (Fsp3) is 0.385. The molecule has 1 aromatic carbocycles. The Morgan fingerprint density at radius 3 is 2.94 bits per heavy atom. The van der Waals surface area contributed by atoms with Crippen LogP contribution in [-0.4, -0.2) is 13.2 Å². The first-order valence-electron chi connectivity index (χ1n) is 5.74. The Balaban J connectivity index is 2.38. The first kappa shape index (κ1) is 12.6. The third-order valence-electron chi connectivity index (χ3n) is 2.71. The molecule has 0 radical (unpaired) electrons. The fourth-order valence-electron chi connectivity index (χ4n) is 1.97. The quantitative estimate of drug-likeness (QED) is 0.918. The van der Waals surface area contributed by atoms with Crippen molar-refractivity contribution in [2.75, 3.05) is 13.2 Å². The number of halogens is 2. The molecule has 0 spiro atoms. The molecule has 17 heavy (non-hydrogen) atoms. The van der Waals surface area contributed by atoms with Crippen molar-refractivity contribution in [2.24, 2.45) is 0 Å². The van der Waals surface area contributed by atoms with Gasteiger partial charge in [0.15, 0.2) is 0 Å². The molecule has 4 heteroatoms. The number of likely N-dealkylation sites (N-methyl/N-ethyl adjacent to an activating group) is 1. The van der Waals surface area contributed by atoms with Crippen molar-refractivity contribution >= 4 is 15.9 Å². The molecule has 92 valence electrons. The van der Waals surface area contributed by atoms with E-state index in [2.05, 4.69) is 21.2 Å². The molecule has 1 aromatic rings. The zero-order valence-corrected chi connectivity index (χ0v) is 11.3. The Bertz CT molecular complexity index is 413. The summed E-state index contributed by atoms with van der Waals surface area (Å²) < 4.78 is 20.2. The van der Waals surface area contributed by atoms with Gasteiger partial charge in [-0.1, -0.05) is 28.9 Å². The van der Waals surface area contributed by atoms with E-state index in [1.54, 1.807) is 6.07 Å². The van der Waals surface area contributed by atoms with Gasteiger partial charge >= 0.3 is 0 Å². The van der Waals surface area contributed by atoms with Gasteiger partial charge in [-0.05, 0) is 24.8 Å². The standard InChI is InChI=1S/C13H15BrFNO/c1-2-16-13(11-7-4-8-17-11)12-9(14)5-3-6-10(12)15/h3,5-7,13,16H,2,4,8H2,1H3. The van der Waals surface area contributed by atoms with Crippen LogP contribution in [0.5, 0.6) is 0 Å². The maximum Gasteiger partial charge on any atom is 0.129 e. The third-order valence-corrected chi connectivity index (χ3v) is 3.40. The molecule has 1 unspecified atom stereocenters. The van der Waals surface area contributed by atoms with Gasteiger partial charge < -0.3 is 10.1 Å². The molecule has 1 heterocycles. The Morgan fingerprint density at radius 1 is 1.53 bits per heavy atom. The summed E-state index contributed by atoms with van der Waals surface area (Å²) >= 11 is 3.40. The second-order valence-corrected chi connectivity index (χ2v) is 4.72. The highest BCUT2D eigenvalue weighted by atomic mass is 79.9. The number of nitrogens with one attached hydrogen (secondary N) is 1. The van der Waals surface area contributed by atoms with Crippen LogP contribution in [0, 0.1) is 5.82 Å². The van der Waals surface area contributed by atoms with E-state index in [1.807, 2.05) is 19.1 Å². The lowest BCUT2D eigenvalue weighted by Crippen LogP contribution is -2.24. The van der Waals surface area contributed by atoms with Crippen molar-refractivity contribution < 1.29 is 9.13 Å². The van der Waals surface area contributed by atoms with Gasteiger partial charge in [-0.2, -0.15) is 0 Å². The van der Waals surface area contributed by atoms with Crippen LogP contribution in [-0.2, 0) is 4.74 Å². The highest BCUT2D eigenvalue weighted by Crippen LogP contribution is 2.33. The summed E-state index contributed by atoms with van der Waals surface area (Å²) in [5, 5.41) is 3.26. The minimum Gasteiger partial charge on any atom is -0.496 e. The summed E-state index contributed by atoms with van der Waals surface area (Å²) in [6.07, 6.45) is 2.91.